The van der Waals surface area contributed by atoms with E-state index in [4.69, 9.17) is 21.7 Å². The van der Waals surface area contributed by atoms with Crippen molar-refractivity contribution in [3.8, 4) is 11.5 Å². The van der Waals surface area contributed by atoms with Crippen molar-refractivity contribution >= 4 is 51.9 Å². The largest absolute Gasteiger partial charge is 0.493 e. The minimum Gasteiger partial charge on any atom is -0.493 e. The van der Waals surface area contributed by atoms with Gasteiger partial charge in [0.1, 0.15) is 4.32 Å². The highest BCUT2D eigenvalue weighted by Crippen LogP contribution is 2.31. The normalized spacial score (nSPS) is 14.7. The molecule has 1 aliphatic heterocycles. The number of hydrogen-bond acceptors (Lipinski definition) is 6. The molecular formula is C20H18N2O4S2. The zero-order valence-electron chi connectivity index (χ0n) is 15.3. The molecule has 2 amide bonds. The number of ether oxygens (including phenoxy) is 2. The lowest BCUT2D eigenvalue weighted by Crippen LogP contribution is -2.20. The molecule has 0 aliphatic carbocycles. The summed E-state index contributed by atoms with van der Waals surface area (Å²) >= 11 is 6.19. The second-order valence-electron chi connectivity index (χ2n) is 5.97. The van der Waals surface area contributed by atoms with E-state index >= 15 is 0 Å². The molecule has 0 spiro atoms. The highest BCUT2D eigenvalue weighted by Gasteiger charge is 2.22. The molecule has 144 valence electrons. The summed E-state index contributed by atoms with van der Waals surface area (Å²) in [5.41, 5.74) is 2.53. The van der Waals surface area contributed by atoms with Crippen molar-refractivity contribution < 1.29 is 19.1 Å². The van der Waals surface area contributed by atoms with Gasteiger partial charge in [-0.3, -0.25) is 9.59 Å². The number of amides is 2. The van der Waals surface area contributed by atoms with Crippen molar-refractivity contribution in [1.29, 1.82) is 0 Å². The van der Waals surface area contributed by atoms with Crippen LogP contribution in [-0.2, 0) is 9.59 Å². The summed E-state index contributed by atoms with van der Waals surface area (Å²) in [6.45, 7) is 1.80. The van der Waals surface area contributed by atoms with Gasteiger partial charge in [0.15, 0.2) is 18.1 Å². The van der Waals surface area contributed by atoms with Gasteiger partial charge in [0.05, 0.1) is 12.0 Å². The fourth-order valence-electron chi connectivity index (χ4n) is 2.53. The van der Waals surface area contributed by atoms with Gasteiger partial charge < -0.3 is 20.1 Å². The number of nitrogens with one attached hydrogen (secondary N) is 2. The molecule has 0 aromatic heterocycles. The summed E-state index contributed by atoms with van der Waals surface area (Å²) in [5.74, 6) is 0.403. The molecule has 2 N–H and O–H groups in total. The third-order valence-electron chi connectivity index (χ3n) is 3.79. The minimum atomic E-state index is -0.272. The van der Waals surface area contributed by atoms with Crippen molar-refractivity contribution in [2.75, 3.05) is 19.0 Å². The smallest absolute Gasteiger partial charge is 0.263 e. The molecule has 1 aliphatic rings. The van der Waals surface area contributed by atoms with E-state index in [0.717, 1.165) is 11.1 Å². The van der Waals surface area contributed by atoms with Crippen molar-refractivity contribution in [2.24, 2.45) is 0 Å². The van der Waals surface area contributed by atoms with E-state index in [9.17, 15) is 9.59 Å². The standard InChI is InChI=1S/C20H18N2O4S2/c1-12-4-3-5-14(8-12)21-18(23)11-26-15-7-6-13(9-16(15)25-2)10-17-19(24)22-20(27)28-17/h3-10H,11H2,1-2H3,(H,21,23)(H,22,24,27)/b17-10+. The second kappa shape index (κ2) is 8.90. The number of carbonyl (C=O) groups excluding carboxylic acids is 2. The molecule has 0 radical (unpaired) electrons. The Morgan fingerprint density at radius 2 is 2.07 bits per heavy atom. The number of carbonyl (C=O) groups is 2. The molecule has 1 heterocycles. The monoisotopic (exact) mass is 414 g/mol. The fraction of sp³-hybridized carbons (Fsp3) is 0.150. The van der Waals surface area contributed by atoms with Gasteiger partial charge in [0, 0.05) is 5.69 Å². The van der Waals surface area contributed by atoms with Crippen LogP contribution in [0.1, 0.15) is 11.1 Å². The molecule has 0 saturated carbocycles. The highest BCUT2D eigenvalue weighted by atomic mass is 32.2. The van der Waals surface area contributed by atoms with Crippen molar-refractivity contribution in [2.45, 2.75) is 6.92 Å². The van der Waals surface area contributed by atoms with Crippen LogP contribution in [0.4, 0.5) is 5.69 Å². The first kappa shape index (κ1) is 19.9. The summed E-state index contributed by atoms with van der Waals surface area (Å²) < 4.78 is 11.4. The van der Waals surface area contributed by atoms with Crippen molar-refractivity contribution in [3.05, 3.63) is 58.5 Å². The number of anilines is 1. The maximum atomic E-state index is 12.1. The van der Waals surface area contributed by atoms with Crippen LogP contribution in [0.15, 0.2) is 47.4 Å². The summed E-state index contributed by atoms with van der Waals surface area (Å²) in [6.07, 6.45) is 1.72. The first-order valence-electron chi connectivity index (χ1n) is 8.37. The maximum absolute atomic E-state index is 12.1. The molecular weight excluding hydrogens is 396 g/mol. The summed E-state index contributed by atoms with van der Waals surface area (Å²) in [7, 11) is 1.51. The van der Waals surface area contributed by atoms with Gasteiger partial charge in [-0.25, -0.2) is 0 Å². The van der Waals surface area contributed by atoms with E-state index < -0.39 is 0 Å². The lowest BCUT2D eigenvalue weighted by atomic mass is 10.2. The average molecular weight is 415 g/mol. The molecule has 2 aromatic rings. The average Bonchev–Trinajstić information content (AvgIpc) is 2.97. The van der Waals surface area contributed by atoms with E-state index in [2.05, 4.69) is 10.6 Å². The predicted molar refractivity (Wildman–Crippen MR) is 115 cm³/mol. The molecule has 0 atom stereocenters. The molecule has 28 heavy (non-hydrogen) atoms. The van der Waals surface area contributed by atoms with Gasteiger partial charge in [-0.15, -0.1) is 0 Å². The quantitative estimate of drug-likeness (QED) is 0.557. The summed E-state index contributed by atoms with van der Waals surface area (Å²) in [4.78, 5) is 24.4. The number of thioether (sulfide) groups is 1. The lowest BCUT2D eigenvalue weighted by Gasteiger charge is -2.12. The Morgan fingerprint density at radius 3 is 2.75 bits per heavy atom. The van der Waals surface area contributed by atoms with Crippen molar-refractivity contribution in [3.63, 3.8) is 0 Å². The van der Waals surface area contributed by atoms with Crippen LogP contribution < -0.4 is 20.1 Å². The molecule has 0 unspecified atom stereocenters. The van der Waals surface area contributed by atoms with E-state index in [1.54, 1.807) is 24.3 Å². The lowest BCUT2D eigenvalue weighted by molar-refractivity contribution is -0.118. The molecule has 8 heteroatoms. The molecule has 1 saturated heterocycles. The summed E-state index contributed by atoms with van der Waals surface area (Å²) in [5, 5.41) is 5.36. The van der Waals surface area contributed by atoms with Gasteiger partial charge in [-0.1, -0.05) is 42.2 Å². The Kier molecular flexibility index (Phi) is 6.33. The van der Waals surface area contributed by atoms with Crippen LogP contribution in [0.5, 0.6) is 11.5 Å². The summed E-state index contributed by atoms with van der Waals surface area (Å²) in [6, 6.07) is 12.7. The van der Waals surface area contributed by atoms with Gasteiger partial charge in [-0.05, 0) is 48.4 Å². The van der Waals surface area contributed by atoms with Gasteiger partial charge >= 0.3 is 0 Å². The Labute approximate surface area is 172 Å². The third kappa shape index (κ3) is 5.11. The zero-order valence-corrected chi connectivity index (χ0v) is 16.9. The minimum absolute atomic E-state index is 0.155. The fourth-order valence-corrected chi connectivity index (χ4v) is 3.57. The Balaban J connectivity index is 1.65. The van der Waals surface area contributed by atoms with E-state index in [1.165, 1.54) is 18.9 Å². The van der Waals surface area contributed by atoms with Crippen LogP contribution >= 0.6 is 24.0 Å². The Morgan fingerprint density at radius 1 is 1.25 bits per heavy atom. The zero-order chi connectivity index (χ0) is 20.1. The Hall–Kier alpha value is -2.84. The number of benzene rings is 2. The third-order valence-corrected chi connectivity index (χ3v) is 4.95. The number of methoxy groups -OCH3 is 1. The maximum Gasteiger partial charge on any atom is 0.263 e. The number of thiocarbonyl (C=S) groups is 1. The van der Waals surface area contributed by atoms with Crippen molar-refractivity contribution in [1.82, 2.24) is 5.32 Å². The number of aryl methyl sites for hydroxylation is 1. The predicted octanol–water partition coefficient (Wildman–Crippen LogP) is 3.51. The van der Waals surface area contributed by atoms with E-state index in [0.29, 0.717) is 26.4 Å². The molecule has 6 nitrogen and oxygen atoms in total. The van der Waals surface area contributed by atoms with E-state index in [1.807, 2.05) is 31.2 Å². The number of rotatable bonds is 6. The molecule has 1 fully saturated rings. The topological polar surface area (TPSA) is 76.7 Å². The van der Waals surface area contributed by atoms with Gasteiger partial charge in [0.2, 0.25) is 0 Å². The van der Waals surface area contributed by atoms with Crippen LogP contribution in [-0.4, -0.2) is 29.9 Å². The van der Waals surface area contributed by atoms with Gasteiger partial charge in [-0.2, -0.15) is 0 Å². The SMILES string of the molecule is COc1cc(/C=C2/SC(=S)NC2=O)ccc1OCC(=O)Nc1cccc(C)c1. The van der Waals surface area contributed by atoms with Crippen LogP contribution in [0.25, 0.3) is 6.08 Å². The molecule has 3 rings (SSSR count). The van der Waals surface area contributed by atoms with Crippen LogP contribution in [0.3, 0.4) is 0 Å². The van der Waals surface area contributed by atoms with Crippen LogP contribution in [0, 0.1) is 6.92 Å². The van der Waals surface area contributed by atoms with E-state index in [-0.39, 0.29) is 18.4 Å². The highest BCUT2D eigenvalue weighted by molar-refractivity contribution is 8.26. The second-order valence-corrected chi connectivity index (χ2v) is 7.69. The first-order chi connectivity index (χ1) is 13.4. The van der Waals surface area contributed by atoms with Gasteiger partial charge in [0.25, 0.3) is 11.8 Å². The first-order valence-corrected chi connectivity index (χ1v) is 9.59. The number of hydrogen-bond donors (Lipinski definition) is 2. The van der Waals surface area contributed by atoms with Crippen LogP contribution in [0.2, 0.25) is 0 Å². The molecule has 0 bridgehead atoms. The molecule has 2 aromatic carbocycles. The Bertz CT molecular complexity index is 972.